The molecule has 2 rings (SSSR count). The molecule has 1 heterocycles. The zero-order valence-electron chi connectivity index (χ0n) is 8.30. The van der Waals surface area contributed by atoms with Crippen LogP contribution in [0.15, 0.2) is 27.4 Å². The van der Waals surface area contributed by atoms with Crippen molar-refractivity contribution in [3.8, 4) is 0 Å². The molecule has 0 fully saturated rings. The maximum absolute atomic E-state index is 11.8. The van der Waals surface area contributed by atoms with E-state index in [2.05, 4.69) is 0 Å². The van der Waals surface area contributed by atoms with E-state index in [0.717, 1.165) is 0 Å². The lowest BCUT2D eigenvalue weighted by Crippen LogP contribution is -2.07. The van der Waals surface area contributed by atoms with Gasteiger partial charge in [-0.3, -0.25) is 4.79 Å². The topological polar surface area (TPSA) is 56.2 Å². The Hall–Kier alpha value is -1.03. The van der Waals surface area contributed by atoms with E-state index < -0.39 is 0 Å². The second-order valence-electron chi connectivity index (χ2n) is 3.38. The summed E-state index contributed by atoms with van der Waals surface area (Å²) in [4.78, 5) is 11.8. The van der Waals surface area contributed by atoms with Gasteiger partial charge in [-0.05, 0) is 18.7 Å². The molecule has 0 atom stereocenters. The van der Waals surface area contributed by atoms with E-state index >= 15 is 0 Å². The Morgan fingerprint density at radius 1 is 1.25 bits per heavy atom. The minimum absolute atomic E-state index is 0.158. The van der Waals surface area contributed by atoms with Gasteiger partial charge in [-0.15, -0.1) is 0 Å². The number of nitrogens with two attached hydrogens (primary N) is 1. The van der Waals surface area contributed by atoms with Crippen LogP contribution in [-0.2, 0) is 6.42 Å². The molecule has 0 bridgehead atoms. The number of hydrogen-bond acceptors (Lipinski definition) is 3. The zero-order valence-corrected chi connectivity index (χ0v) is 9.81. The van der Waals surface area contributed by atoms with Crippen molar-refractivity contribution in [1.82, 2.24) is 0 Å². The Labute approximate surface area is 102 Å². The lowest BCUT2D eigenvalue weighted by atomic mass is 10.2. The predicted molar refractivity (Wildman–Crippen MR) is 65.3 cm³/mol. The lowest BCUT2D eigenvalue weighted by molar-refractivity contribution is 0.537. The molecule has 1 aromatic carbocycles. The highest BCUT2D eigenvalue weighted by Gasteiger charge is 2.09. The molecule has 0 saturated heterocycles. The molecule has 0 radical (unpaired) electrons. The Balaban J connectivity index is 2.77. The Bertz CT molecular complexity index is 592. The summed E-state index contributed by atoms with van der Waals surface area (Å²) in [6.07, 6.45) is 0.504. The van der Waals surface area contributed by atoms with E-state index in [9.17, 15) is 4.79 Å². The molecule has 0 amide bonds. The van der Waals surface area contributed by atoms with Gasteiger partial charge in [0.25, 0.3) is 0 Å². The second kappa shape index (κ2) is 4.45. The van der Waals surface area contributed by atoms with Crippen molar-refractivity contribution in [3.05, 3.63) is 44.2 Å². The molecule has 1 aromatic heterocycles. The first-order valence-corrected chi connectivity index (χ1v) is 5.49. The van der Waals surface area contributed by atoms with Crippen molar-refractivity contribution in [2.45, 2.75) is 6.42 Å². The number of halogens is 2. The molecule has 0 saturated carbocycles. The Morgan fingerprint density at radius 3 is 2.69 bits per heavy atom. The van der Waals surface area contributed by atoms with Gasteiger partial charge in [-0.1, -0.05) is 23.2 Å². The summed E-state index contributed by atoms with van der Waals surface area (Å²) >= 11 is 11.8. The smallest absolute Gasteiger partial charge is 0.193 e. The fraction of sp³-hybridized carbons (Fsp3) is 0.182. The van der Waals surface area contributed by atoms with Crippen LogP contribution in [0.3, 0.4) is 0 Å². The molecule has 2 aromatic rings. The Morgan fingerprint density at radius 2 is 2.00 bits per heavy atom. The standard InChI is InChI=1S/C11H9Cl2NO2/c12-6-3-8-10(15)5-7(1-2-14)16-11(8)9(13)4-6/h3-5H,1-2,14H2. The van der Waals surface area contributed by atoms with Gasteiger partial charge in [0, 0.05) is 17.5 Å². The van der Waals surface area contributed by atoms with Crippen molar-refractivity contribution in [1.29, 1.82) is 0 Å². The molecule has 0 aliphatic rings. The number of rotatable bonds is 2. The minimum Gasteiger partial charge on any atom is -0.459 e. The van der Waals surface area contributed by atoms with E-state index in [4.69, 9.17) is 33.4 Å². The highest BCUT2D eigenvalue weighted by atomic mass is 35.5. The second-order valence-corrected chi connectivity index (χ2v) is 4.22. The largest absolute Gasteiger partial charge is 0.459 e. The molecule has 0 aliphatic heterocycles. The fourth-order valence-electron chi connectivity index (χ4n) is 1.50. The van der Waals surface area contributed by atoms with Crippen LogP contribution in [0, 0.1) is 0 Å². The van der Waals surface area contributed by atoms with Crippen LogP contribution in [0.5, 0.6) is 0 Å². The first-order chi connectivity index (χ1) is 7.61. The number of fused-ring (bicyclic) bond motifs is 1. The molecule has 5 heteroatoms. The van der Waals surface area contributed by atoms with Gasteiger partial charge in [0.15, 0.2) is 11.0 Å². The summed E-state index contributed by atoms with van der Waals surface area (Å²) in [6, 6.07) is 4.50. The lowest BCUT2D eigenvalue weighted by Gasteiger charge is -2.03. The first kappa shape index (κ1) is 11.5. The van der Waals surface area contributed by atoms with Crippen LogP contribution in [0.1, 0.15) is 5.76 Å². The molecular weight excluding hydrogens is 249 g/mol. The quantitative estimate of drug-likeness (QED) is 0.900. The number of hydrogen-bond donors (Lipinski definition) is 1. The molecule has 0 aliphatic carbocycles. The normalized spacial score (nSPS) is 10.9. The predicted octanol–water partition coefficient (Wildman–Crippen LogP) is 2.60. The summed E-state index contributed by atoms with van der Waals surface area (Å²) < 4.78 is 5.50. The van der Waals surface area contributed by atoms with Gasteiger partial charge in [0.2, 0.25) is 0 Å². The molecule has 2 N–H and O–H groups in total. The van der Waals surface area contributed by atoms with Crippen molar-refractivity contribution >= 4 is 34.2 Å². The van der Waals surface area contributed by atoms with E-state index in [1.165, 1.54) is 6.07 Å². The highest BCUT2D eigenvalue weighted by molar-refractivity contribution is 6.38. The third kappa shape index (κ3) is 2.07. The van der Waals surface area contributed by atoms with Gasteiger partial charge in [0.05, 0.1) is 10.4 Å². The summed E-state index contributed by atoms with van der Waals surface area (Å²) in [5.74, 6) is 0.532. The van der Waals surface area contributed by atoms with Gasteiger partial charge in [-0.2, -0.15) is 0 Å². The van der Waals surface area contributed by atoms with E-state index in [0.29, 0.717) is 39.7 Å². The van der Waals surface area contributed by atoms with Crippen LogP contribution in [-0.4, -0.2) is 6.54 Å². The minimum atomic E-state index is -0.158. The number of benzene rings is 1. The monoisotopic (exact) mass is 257 g/mol. The van der Waals surface area contributed by atoms with Crippen molar-refractivity contribution in [2.24, 2.45) is 5.73 Å². The summed E-state index contributed by atoms with van der Waals surface area (Å²) in [5.41, 5.74) is 5.61. The Kier molecular flexibility index (Phi) is 3.19. The molecule has 0 unspecified atom stereocenters. The third-order valence-electron chi connectivity index (χ3n) is 2.19. The molecule has 16 heavy (non-hydrogen) atoms. The molecular formula is C11H9Cl2NO2. The summed E-state index contributed by atoms with van der Waals surface area (Å²) in [7, 11) is 0. The molecule has 84 valence electrons. The van der Waals surface area contributed by atoms with E-state index in [1.807, 2.05) is 0 Å². The van der Waals surface area contributed by atoms with Crippen LogP contribution in [0.2, 0.25) is 10.0 Å². The van der Waals surface area contributed by atoms with Crippen LogP contribution >= 0.6 is 23.2 Å². The van der Waals surface area contributed by atoms with Crippen molar-refractivity contribution in [3.63, 3.8) is 0 Å². The van der Waals surface area contributed by atoms with Gasteiger partial charge >= 0.3 is 0 Å². The fourth-order valence-corrected chi connectivity index (χ4v) is 2.03. The first-order valence-electron chi connectivity index (χ1n) is 4.73. The van der Waals surface area contributed by atoms with Crippen molar-refractivity contribution < 1.29 is 4.42 Å². The van der Waals surface area contributed by atoms with Crippen molar-refractivity contribution in [2.75, 3.05) is 6.54 Å². The molecule has 0 spiro atoms. The average molecular weight is 258 g/mol. The average Bonchev–Trinajstić information content (AvgIpc) is 2.20. The van der Waals surface area contributed by atoms with E-state index in [1.54, 1.807) is 12.1 Å². The third-order valence-corrected chi connectivity index (χ3v) is 2.69. The van der Waals surface area contributed by atoms with Gasteiger partial charge in [0.1, 0.15) is 5.76 Å². The summed E-state index contributed by atoms with van der Waals surface area (Å²) in [6.45, 7) is 0.416. The highest BCUT2D eigenvalue weighted by Crippen LogP contribution is 2.26. The maximum atomic E-state index is 11.8. The zero-order chi connectivity index (χ0) is 11.7. The SMILES string of the molecule is NCCc1cc(=O)c2cc(Cl)cc(Cl)c2o1. The maximum Gasteiger partial charge on any atom is 0.193 e. The summed E-state index contributed by atoms with van der Waals surface area (Å²) in [5, 5.41) is 1.13. The molecule has 3 nitrogen and oxygen atoms in total. The van der Waals surface area contributed by atoms with Gasteiger partial charge in [-0.25, -0.2) is 0 Å². The van der Waals surface area contributed by atoms with E-state index in [-0.39, 0.29) is 5.43 Å². The van der Waals surface area contributed by atoms with Crippen LogP contribution in [0.25, 0.3) is 11.0 Å². The van der Waals surface area contributed by atoms with Gasteiger partial charge < -0.3 is 10.2 Å². The van der Waals surface area contributed by atoms with Crippen LogP contribution in [0.4, 0.5) is 0 Å². The van der Waals surface area contributed by atoms with Crippen LogP contribution < -0.4 is 11.2 Å².